The SMILES string of the molecule is CCOC(=O)Nc1cc(N(C)C)c([N+](=O)[O-])c(N)n1. The van der Waals surface area contributed by atoms with E-state index in [4.69, 9.17) is 5.73 Å². The van der Waals surface area contributed by atoms with E-state index < -0.39 is 11.0 Å². The maximum Gasteiger partial charge on any atom is 0.412 e. The lowest BCUT2D eigenvalue weighted by molar-refractivity contribution is -0.383. The summed E-state index contributed by atoms with van der Waals surface area (Å²) < 4.78 is 4.69. The summed E-state index contributed by atoms with van der Waals surface area (Å²) in [5, 5.41) is 13.3. The molecule has 0 aliphatic heterocycles. The van der Waals surface area contributed by atoms with E-state index in [1.54, 1.807) is 21.0 Å². The Labute approximate surface area is 109 Å². The average Bonchev–Trinajstić information content (AvgIpc) is 2.27. The summed E-state index contributed by atoms with van der Waals surface area (Å²) in [5.41, 5.74) is 5.47. The van der Waals surface area contributed by atoms with Crippen molar-refractivity contribution in [2.45, 2.75) is 6.92 Å². The van der Waals surface area contributed by atoms with E-state index in [0.29, 0.717) is 0 Å². The summed E-state index contributed by atoms with van der Waals surface area (Å²) in [5.74, 6) is -0.187. The minimum Gasteiger partial charge on any atom is -0.450 e. The first-order valence-electron chi connectivity index (χ1n) is 5.42. The number of pyridine rings is 1. The number of carbonyl (C=O) groups is 1. The van der Waals surface area contributed by atoms with Crippen LogP contribution in [0.3, 0.4) is 0 Å². The highest BCUT2D eigenvalue weighted by Gasteiger charge is 2.23. The molecule has 104 valence electrons. The van der Waals surface area contributed by atoms with Crippen LogP contribution in [0.4, 0.5) is 27.8 Å². The van der Waals surface area contributed by atoms with Crippen LogP contribution in [0.1, 0.15) is 6.92 Å². The van der Waals surface area contributed by atoms with Gasteiger partial charge in [-0.1, -0.05) is 0 Å². The van der Waals surface area contributed by atoms with Gasteiger partial charge >= 0.3 is 11.8 Å². The first kappa shape index (κ1) is 14.5. The highest BCUT2D eigenvalue weighted by atomic mass is 16.6. The molecule has 1 aromatic heterocycles. The number of nitrogens with zero attached hydrogens (tertiary/aromatic N) is 3. The zero-order valence-electron chi connectivity index (χ0n) is 10.8. The zero-order valence-corrected chi connectivity index (χ0v) is 10.8. The van der Waals surface area contributed by atoms with Crippen LogP contribution in [-0.4, -0.2) is 36.7 Å². The van der Waals surface area contributed by atoms with Crippen LogP contribution in [0, 0.1) is 10.1 Å². The Bertz CT molecular complexity index is 503. The number of amides is 1. The summed E-state index contributed by atoms with van der Waals surface area (Å²) in [7, 11) is 3.24. The number of hydrogen-bond acceptors (Lipinski definition) is 7. The Morgan fingerprint density at radius 3 is 2.74 bits per heavy atom. The number of nitro groups is 1. The third-order valence-electron chi connectivity index (χ3n) is 2.17. The van der Waals surface area contributed by atoms with Gasteiger partial charge in [0.15, 0.2) is 0 Å². The Balaban J connectivity index is 3.17. The number of nitrogens with one attached hydrogen (secondary N) is 1. The van der Waals surface area contributed by atoms with E-state index in [9.17, 15) is 14.9 Å². The van der Waals surface area contributed by atoms with Crippen molar-refractivity contribution in [3.8, 4) is 0 Å². The summed E-state index contributed by atoms with van der Waals surface area (Å²) in [6.07, 6.45) is -0.701. The maximum atomic E-state index is 11.3. The summed E-state index contributed by atoms with van der Waals surface area (Å²) >= 11 is 0. The molecule has 0 bridgehead atoms. The van der Waals surface area contributed by atoms with Crippen molar-refractivity contribution >= 4 is 29.1 Å². The summed E-state index contributed by atoms with van der Waals surface area (Å²) in [6.45, 7) is 1.86. The van der Waals surface area contributed by atoms with Crippen molar-refractivity contribution in [2.75, 3.05) is 36.7 Å². The Morgan fingerprint density at radius 2 is 2.26 bits per heavy atom. The van der Waals surface area contributed by atoms with E-state index >= 15 is 0 Å². The van der Waals surface area contributed by atoms with Crippen LogP contribution in [0.25, 0.3) is 0 Å². The van der Waals surface area contributed by atoms with Crippen molar-refractivity contribution in [3.63, 3.8) is 0 Å². The molecule has 0 aromatic carbocycles. The predicted octanol–water partition coefficient (Wildman–Crippen LogP) is 1.21. The number of hydrogen-bond donors (Lipinski definition) is 2. The van der Waals surface area contributed by atoms with Crippen LogP contribution in [0.15, 0.2) is 6.07 Å². The molecule has 0 spiro atoms. The standard InChI is InChI=1S/C10H15N5O4/c1-4-19-10(16)13-7-5-6(14(2)3)8(15(17)18)9(11)12-7/h5H,4H2,1-3H3,(H3,11,12,13,16). The van der Waals surface area contributed by atoms with Gasteiger partial charge in [-0.2, -0.15) is 0 Å². The molecule has 0 fully saturated rings. The Hall–Kier alpha value is -2.58. The van der Waals surface area contributed by atoms with Gasteiger partial charge in [-0.05, 0) is 6.92 Å². The fraction of sp³-hybridized carbons (Fsp3) is 0.400. The van der Waals surface area contributed by atoms with E-state index in [1.165, 1.54) is 11.0 Å². The van der Waals surface area contributed by atoms with Crippen LogP contribution >= 0.6 is 0 Å². The number of carbonyl (C=O) groups excluding carboxylic acids is 1. The van der Waals surface area contributed by atoms with Gasteiger partial charge in [-0.3, -0.25) is 15.4 Å². The fourth-order valence-electron chi connectivity index (χ4n) is 1.41. The molecule has 19 heavy (non-hydrogen) atoms. The van der Waals surface area contributed by atoms with Gasteiger partial charge in [-0.25, -0.2) is 9.78 Å². The topological polar surface area (TPSA) is 124 Å². The lowest BCUT2D eigenvalue weighted by Gasteiger charge is -2.15. The average molecular weight is 269 g/mol. The lowest BCUT2D eigenvalue weighted by Crippen LogP contribution is -2.17. The molecule has 9 heteroatoms. The van der Waals surface area contributed by atoms with Gasteiger partial charge < -0.3 is 15.4 Å². The molecule has 1 amide bonds. The van der Waals surface area contributed by atoms with E-state index in [-0.39, 0.29) is 29.6 Å². The molecule has 9 nitrogen and oxygen atoms in total. The smallest absolute Gasteiger partial charge is 0.412 e. The first-order chi connectivity index (χ1) is 8.86. The van der Waals surface area contributed by atoms with Crippen molar-refractivity contribution in [1.29, 1.82) is 0 Å². The van der Waals surface area contributed by atoms with Gasteiger partial charge in [-0.15, -0.1) is 0 Å². The quantitative estimate of drug-likeness (QED) is 0.621. The van der Waals surface area contributed by atoms with Crippen molar-refractivity contribution in [1.82, 2.24) is 4.98 Å². The molecule has 3 N–H and O–H groups in total. The Morgan fingerprint density at radius 1 is 1.63 bits per heavy atom. The molecular formula is C10H15N5O4. The highest BCUT2D eigenvalue weighted by molar-refractivity contribution is 5.86. The summed E-state index contributed by atoms with van der Waals surface area (Å²) in [4.78, 5) is 26.8. The first-order valence-corrected chi connectivity index (χ1v) is 5.42. The van der Waals surface area contributed by atoms with E-state index in [2.05, 4.69) is 15.0 Å². The number of anilines is 3. The monoisotopic (exact) mass is 269 g/mol. The van der Waals surface area contributed by atoms with Crippen molar-refractivity contribution in [2.24, 2.45) is 0 Å². The van der Waals surface area contributed by atoms with Crippen LogP contribution in [0.2, 0.25) is 0 Å². The van der Waals surface area contributed by atoms with Gasteiger partial charge in [0.05, 0.1) is 11.5 Å². The molecule has 1 aromatic rings. The number of rotatable bonds is 4. The molecule has 1 rings (SSSR count). The lowest BCUT2D eigenvalue weighted by atomic mass is 10.3. The minimum absolute atomic E-state index is 0.0882. The van der Waals surface area contributed by atoms with E-state index in [1.807, 2.05) is 0 Å². The van der Waals surface area contributed by atoms with Crippen LogP contribution in [-0.2, 0) is 4.74 Å². The molecule has 0 aliphatic rings. The largest absolute Gasteiger partial charge is 0.450 e. The molecule has 0 unspecified atom stereocenters. The maximum absolute atomic E-state index is 11.3. The van der Waals surface area contributed by atoms with Crippen LogP contribution in [0.5, 0.6) is 0 Å². The zero-order chi connectivity index (χ0) is 14.6. The summed E-state index contributed by atoms with van der Waals surface area (Å²) in [6, 6.07) is 1.35. The number of nitrogen functional groups attached to an aromatic ring is 1. The molecule has 0 radical (unpaired) electrons. The second-order valence-electron chi connectivity index (χ2n) is 3.76. The van der Waals surface area contributed by atoms with Gasteiger partial charge in [0.1, 0.15) is 11.5 Å². The third kappa shape index (κ3) is 3.44. The molecule has 1 heterocycles. The van der Waals surface area contributed by atoms with Gasteiger partial charge in [0, 0.05) is 20.2 Å². The van der Waals surface area contributed by atoms with Gasteiger partial charge in [0.2, 0.25) is 5.82 Å². The predicted molar refractivity (Wildman–Crippen MR) is 70.3 cm³/mol. The molecular weight excluding hydrogens is 254 g/mol. The van der Waals surface area contributed by atoms with Crippen molar-refractivity contribution < 1.29 is 14.5 Å². The Kier molecular flexibility index (Phi) is 4.46. The number of nitrogens with two attached hydrogens (primary N) is 1. The van der Waals surface area contributed by atoms with Crippen molar-refractivity contribution in [3.05, 3.63) is 16.2 Å². The van der Waals surface area contributed by atoms with Crippen LogP contribution < -0.4 is 16.0 Å². The molecule has 0 aliphatic carbocycles. The molecule has 0 saturated heterocycles. The van der Waals surface area contributed by atoms with Gasteiger partial charge in [0.25, 0.3) is 0 Å². The number of aromatic nitrogens is 1. The second kappa shape index (κ2) is 5.85. The second-order valence-corrected chi connectivity index (χ2v) is 3.76. The normalized spacial score (nSPS) is 9.84. The number of ether oxygens (including phenoxy) is 1. The van der Waals surface area contributed by atoms with E-state index in [0.717, 1.165) is 0 Å². The highest BCUT2D eigenvalue weighted by Crippen LogP contribution is 2.33. The molecule has 0 atom stereocenters. The third-order valence-corrected chi connectivity index (χ3v) is 2.17. The molecule has 0 saturated carbocycles. The fourth-order valence-corrected chi connectivity index (χ4v) is 1.41. The minimum atomic E-state index is -0.701.